The van der Waals surface area contributed by atoms with Crippen molar-refractivity contribution < 1.29 is 33.3 Å². The van der Waals surface area contributed by atoms with Crippen LogP contribution in [0.15, 0.2) is 17.0 Å². The summed E-state index contributed by atoms with van der Waals surface area (Å²) in [6, 6.07) is 2.33. The van der Waals surface area contributed by atoms with Crippen molar-refractivity contribution in [3.8, 4) is 17.2 Å². The standard InChI is InChI=1S/C17H19NO7S/c1-9(16(20)25-5)18-15(19)12(26-17(18)21)8-10-6-7-11(22-2)14(24-4)13(10)23-3/h6-9H,1-5H3/b12-8-/t9-/m0/s1. The second-order valence-corrected chi connectivity index (χ2v) is 6.17. The summed E-state index contributed by atoms with van der Waals surface area (Å²) in [6.45, 7) is 1.43. The average molecular weight is 381 g/mol. The first kappa shape index (κ1) is 19.6. The SMILES string of the molecule is COC(=O)[C@H](C)N1C(=O)S/C(=C\c2ccc(OC)c(OC)c2OC)C1=O. The zero-order chi connectivity index (χ0) is 19.4. The lowest BCUT2D eigenvalue weighted by atomic mass is 10.1. The molecule has 0 radical (unpaired) electrons. The van der Waals surface area contributed by atoms with Gasteiger partial charge in [0.05, 0.1) is 33.3 Å². The topological polar surface area (TPSA) is 91.4 Å². The molecule has 8 nitrogen and oxygen atoms in total. The number of benzene rings is 1. The fourth-order valence-corrected chi connectivity index (χ4v) is 3.37. The Balaban J connectivity index is 2.44. The van der Waals surface area contributed by atoms with Crippen LogP contribution in [0.4, 0.5) is 4.79 Å². The second-order valence-electron chi connectivity index (χ2n) is 5.17. The quantitative estimate of drug-likeness (QED) is 0.548. The number of amides is 2. The molecule has 1 aromatic rings. The molecular weight excluding hydrogens is 362 g/mol. The molecule has 1 aromatic carbocycles. The van der Waals surface area contributed by atoms with Crippen molar-refractivity contribution in [2.45, 2.75) is 13.0 Å². The van der Waals surface area contributed by atoms with Gasteiger partial charge in [-0.1, -0.05) is 0 Å². The van der Waals surface area contributed by atoms with E-state index in [-0.39, 0.29) is 4.91 Å². The van der Waals surface area contributed by atoms with E-state index in [1.165, 1.54) is 41.4 Å². The van der Waals surface area contributed by atoms with Gasteiger partial charge in [0.1, 0.15) is 6.04 Å². The second kappa shape index (κ2) is 8.13. The molecule has 0 unspecified atom stereocenters. The first-order valence-corrected chi connectivity index (χ1v) is 8.35. The van der Waals surface area contributed by atoms with E-state index in [9.17, 15) is 14.4 Å². The maximum absolute atomic E-state index is 12.6. The predicted molar refractivity (Wildman–Crippen MR) is 95.4 cm³/mol. The Morgan fingerprint density at radius 2 is 1.73 bits per heavy atom. The molecule has 1 saturated heterocycles. The highest BCUT2D eigenvalue weighted by Crippen LogP contribution is 2.42. The summed E-state index contributed by atoms with van der Waals surface area (Å²) in [7, 11) is 5.62. The van der Waals surface area contributed by atoms with Crippen molar-refractivity contribution in [2.75, 3.05) is 28.4 Å². The smallest absolute Gasteiger partial charge is 0.328 e. The Morgan fingerprint density at radius 1 is 1.08 bits per heavy atom. The number of hydrogen-bond acceptors (Lipinski definition) is 8. The van der Waals surface area contributed by atoms with Crippen molar-refractivity contribution in [3.05, 3.63) is 22.6 Å². The molecular formula is C17H19NO7S. The number of nitrogens with zero attached hydrogens (tertiary/aromatic N) is 1. The van der Waals surface area contributed by atoms with Gasteiger partial charge in [0.15, 0.2) is 11.5 Å². The lowest BCUT2D eigenvalue weighted by Gasteiger charge is -2.18. The van der Waals surface area contributed by atoms with Crippen molar-refractivity contribution in [1.29, 1.82) is 0 Å². The normalized spacial score (nSPS) is 16.7. The average Bonchev–Trinajstić information content (AvgIpc) is 2.92. The van der Waals surface area contributed by atoms with E-state index in [4.69, 9.17) is 14.2 Å². The fourth-order valence-electron chi connectivity index (χ4n) is 2.47. The van der Waals surface area contributed by atoms with Crippen LogP contribution in [-0.4, -0.2) is 56.5 Å². The Bertz CT molecular complexity index is 775. The molecule has 2 rings (SSSR count). The number of imide groups is 1. The number of rotatable bonds is 6. The highest BCUT2D eigenvalue weighted by Gasteiger charge is 2.41. The fraction of sp³-hybridized carbons (Fsp3) is 0.353. The molecule has 0 aliphatic carbocycles. The van der Waals surface area contributed by atoms with Crippen LogP contribution in [0.1, 0.15) is 12.5 Å². The third-order valence-electron chi connectivity index (χ3n) is 3.77. The summed E-state index contributed by atoms with van der Waals surface area (Å²) in [5.74, 6) is -0.0496. The van der Waals surface area contributed by atoms with Gasteiger partial charge in [0.25, 0.3) is 11.1 Å². The number of thioether (sulfide) groups is 1. The van der Waals surface area contributed by atoms with Gasteiger partial charge in [-0.15, -0.1) is 0 Å². The maximum atomic E-state index is 12.6. The first-order chi connectivity index (χ1) is 12.4. The zero-order valence-corrected chi connectivity index (χ0v) is 15.8. The Labute approximate surface area is 155 Å². The summed E-state index contributed by atoms with van der Waals surface area (Å²) in [5, 5.41) is -0.543. The molecule has 0 saturated carbocycles. The van der Waals surface area contributed by atoms with Crippen molar-refractivity contribution >= 4 is 35.0 Å². The van der Waals surface area contributed by atoms with Gasteiger partial charge in [-0.05, 0) is 36.9 Å². The van der Waals surface area contributed by atoms with Crippen LogP contribution in [0.3, 0.4) is 0 Å². The molecule has 0 N–H and O–H groups in total. The largest absolute Gasteiger partial charge is 0.493 e. The first-order valence-electron chi connectivity index (χ1n) is 7.53. The van der Waals surface area contributed by atoms with Crippen LogP contribution in [0.25, 0.3) is 6.08 Å². The number of carbonyl (C=O) groups is 3. The highest BCUT2D eigenvalue weighted by atomic mass is 32.2. The van der Waals surface area contributed by atoms with E-state index in [1.54, 1.807) is 12.1 Å². The third kappa shape index (κ3) is 3.48. The number of hydrogen-bond donors (Lipinski definition) is 0. The Kier molecular flexibility index (Phi) is 6.14. The minimum absolute atomic E-state index is 0.163. The lowest BCUT2D eigenvalue weighted by molar-refractivity contribution is -0.148. The molecule has 2 amide bonds. The van der Waals surface area contributed by atoms with Gasteiger partial charge in [-0.3, -0.25) is 14.5 Å². The van der Waals surface area contributed by atoms with Crippen LogP contribution >= 0.6 is 11.8 Å². The summed E-state index contributed by atoms with van der Waals surface area (Å²) < 4.78 is 20.5. The van der Waals surface area contributed by atoms with Crippen LogP contribution in [0, 0.1) is 0 Å². The Hall–Kier alpha value is -2.68. The van der Waals surface area contributed by atoms with E-state index in [2.05, 4.69) is 4.74 Å². The van der Waals surface area contributed by atoms with Crippen molar-refractivity contribution in [3.63, 3.8) is 0 Å². The third-order valence-corrected chi connectivity index (χ3v) is 4.66. The van der Waals surface area contributed by atoms with Gasteiger partial charge in [0.2, 0.25) is 5.75 Å². The molecule has 0 spiro atoms. The summed E-state index contributed by atoms with van der Waals surface area (Å²) in [4.78, 5) is 37.4. The van der Waals surface area contributed by atoms with E-state index < -0.39 is 23.2 Å². The zero-order valence-electron chi connectivity index (χ0n) is 15.0. The number of ether oxygens (including phenoxy) is 4. The monoisotopic (exact) mass is 381 g/mol. The van der Waals surface area contributed by atoms with Crippen molar-refractivity contribution in [2.24, 2.45) is 0 Å². The van der Waals surface area contributed by atoms with Crippen molar-refractivity contribution in [1.82, 2.24) is 4.90 Å². The number of carbonyl (C=O) groups excluding carboxylic acids is 3. The molecule has 26 heavy (non-hydrogen) atoms. The molecule has 9 heteroatoms. The maximum Gasteiger partial charge on any atom is 0.328 e. The number of esters is 1. The van der Waals surface area contributed by atoms with E-state index >= 15 is 0 Å². The predicted octanol–water partition coefficient (Wildman–Crippen LogP) is 2.31. The summed E-state index contributed by atoms with van der Waals surface area (Å²) in [5.41, 5.74) is 0.529. The summed E-state index contributed by atoms with van der Waals surface area (Å²) in [6.07, 6.45) is 1.51. The minimum Gasteiger partial charge on any atom is -0.493 e. The molecule has 1 fully saturated rings. The lowest BCUT2D eigenvalue weighted by Crippen LogP contribution is -2.42. The van der Waals surface area contributed by atoms with E-state index in [0.29, 0.717) is 22.8 Å². The molecule has 1 aliphatic heterocycles. The van der Waals surface area contributed by atoms with Gasteiger partial charge >= 0.3 is 5.97 Å². The molecule has 0 aromatic heterocycles. The van der Waals surface area contributed by atoms with Crippen LogP contribution in [0.5, 0.6) is 17.2 Å². The van der Waals surface area contributed by atoms with Crippen LogP contribution in [-0.2, 0) is 14.3 Å². The van der Waals surface area contributed by atoms with E-state index in [1.807, 2.05) is 0 Å². The van der Waals surface area contributed by atoms with E-state index in [0.717, 1.165) is 16.7 Å². The molecule has 140 valence electrons. The molecule has 1 heterocycles. The number of methoxy groups -OCH3 is 4. The van der Waals surface area contributed by atoms with Gasteiger partial charge in [-0.25, -0.2) is 4.79 Å². The minimum atomic E-state index is -1.01. The molecule has 1 atom stereocenters. The molecule has 0 bridgehead atoms. The van der Waals surface area contributed by atoms with Crippen LogP contribution < -0.4 is 14.2 Å². The summed E-state index contributed by atoms with van der Waals surface area (Å²) >= 11 is 0.739. The van der Waals surface area contributed by atoms with Gasteiger partial charge in [-0.2, -0.15) is 0 Å². The highest BCUT2D eigenvalue weighted by molar-refractivity contribution is 8.18. The van der Waals surface area contributed by atoms with Gasteiger partial charge in [0, 0.05) is 5.56 Å². The molecule has 1 aliphatic rings. The van der Waals surface area contributed by atoms with Crippen LogP contribution in [0.2, 0.25) is 0 Å². The Morgan fingerprint density at radius 3 is 2.27 bits per heavy atom. The van der Waals surface area contributed by atoms with Gasteiger partial charge < -0.3 is 18.9 Å².